The standard InChI is InChI=1S/C11H14N4/c1-9-13-11(7-8-12)15(14-9)10-5-3-2-4-6-10/h2-6H,7-8,12H2,1H3. The minimum Gasteiger partial charge on any atom is -0.330 e. The summed E-state index contributed by atoms with van der Waals surface area (Å²) in [6, 6.07) is 9.97. The molecule has 0 fully saturated rings. The van der Waals surface area contributed by atoms with Gasteiger partial charge in [-0.3, -0.25) is 0 Å². The molecule has 78 valence electrons. The van der Waals surface area contributed by atoms with Gasteiger partial charge in [0, 0.05) is 6.42 Å². The van der Waals surface area contributed by atoms with Crippen LogP contribution in [0, 0.1) is 6.92 Å². The average molecular weight is 202 g/mol. The monoisotopic (exact) mass is 202 g/mol. The van der Waals surface area contributed by atoms with Gasteiger partial charge in [-0.05, 0) is 25.6 Å². The van der Waals surface area contributed by atoms with Crippen LogP contribution in [0.3, 0.4) is 0 Å². The number of hydrogen-bond donors (Lipinski definition) is 1. The van der Waals surface area contributed by atoms with Gasteiger partial charge in [-0.25, -0.2) is 9.67 Å². The zero-order chi connectivity index (χ0) is 10.7. The Labute approximate surface area is 88.8 Å². The van der Waals surface area contributed by atoms with E-state index in [1.54, 1.807) is 0 Å². The molecule has 0 aliphatic rings. The van der Waals surface area contributed by atoms with Gasteiger partial charge in [0.1, 0.15) is 11.6 Å². The normalized spacial score (nSPS) is 10.5. The molecule has 2 rings (SSSR count). The predicted molar refractivity (Wildman–Crippen MR) is 58.9 cm³/mol. The Kier molecular flexibility index (Phi) is 2.78. The molecule has 2 N–H and O–H groups in total. The second kappa shape index (κ2) is 4.23. The molecule has 0 amide bonds. The Bertz CT molecular complexity index is 433. The molecule has 0 unspecified atom stereocenters. The number of aromatic nitrogens is 3. The molecular weight excluding hydrogens is 188 g/mol. The van der Waals surface area contributed by atoms with Gasteiger partial charge in [0.05, 0.1) is 5.69 Å². The van der Waals surface area contributed by atoms with Crippen LogP contribution in [0.5, 0.6) is 0 Å². The summed E-state index contributed by atoms with van der Waals surface area (Å²) in [6.45, 7) is 2.48. The molecule has 0 radical (unpaired) electrons. The van der Waals surface area contributed by atoms with Gasteiger partial charge < -0.3 is 5.73 Å². The lowest BCUT2D eigenvalue weighted by atomic mass is 10.3. The Morgan fingerprint density at radius 3 is 2.67 bits per heavy atom. The maximum absolute atomic E-state index is 5.54. The molecule has 0 saturated heterocycles. The van der Waals surface area contributed by atoms with Crippen molar-refractivity contribution < 1.29 is 0 Å². The molecule has 0 atom stereocenters. The van der Waals surface area contributed by atoms with Gasteiger partial charge >= 0.3 is 0 Å². The van der Waals surface area contributed by atoms with Crippen LogP contribution in [-0.2, 0) is 6.42 Å². The minimum absolute atomic E-state index is 0.588. The van der Waals surface area contributed by atoms with E-state index in [9.17, 15) is 0 Å². The van der Waals surface area contributed by atoms with Gasteiger partial charge in [-0.2, -0.15) is 5.10 Å². The highest BCUT2D eigenvalue weighted by atomic mass is 15.3. The molecular formula is C11H14N4. The lowest BCUT2D eigenvalue weighted by Gasteiger charge is -2.03. The van der Waals surface area contributed by atoms with Gasteiger partial charge in [0.2, 0.25) is 0 Å². The van der Waals surface area contributed by atoms with Crippen molar-refractivity contribution in [3.8, 4) is 5.69 Å². The van der Waals surface area contributed by atoms with E-state index in [0.29, 0.717) is 6.54 Å². The van der Waals surface area contributed by atoms with Crippen molar-refractivity contribution in [2.24, 2.45) is 5.73 Å². The van der Waals surface area contributed by atoms with Crippen LogP contribution in [0.2, 0.25) is 0 Å². The smallest absolute Gasteiger partial charge is 0.148 e. The van der Waals surface area contributed by atoms with Crippen LogP contribution in [0.1, 0.15) is 11.6 Å². The summed E-state index contributed by atoms with van der Waals surface area (Å²) in [5.41, 5.74) is 6.56. The quantitative estimate of drug-likeness (QED) is 0.810. The van der Waals surface area contributed by atoms with Crippen LogP contribution in [0.25, 0.3) is 5.69 Å². The van der Waals surface area contributed by atoms with E-state index in [0.717, 1.165) is 23.8 Å². The summed E-state index contributed by atoms with van der Waals surface area (Å²) in [4.78, 5) is 4.35. The van der Waals surface area contributed by atoms with E-state index in [1.165, 1.54) is 0 Å². The molecule has 4 heteroatoms. The highest BCUT2D eigenvalue weighted by molar-refractivity contribution is 5.31. The summed E-state index contributed by atoms with van der Waals surface area (Å²) >= 11 is 0. The van der Waals surface area contributed by atoms with E-state index in [2.05, 4.69) is 10.1 Å². The van der Waals surface area contributed by atoms with Crippen LogP contribution in [-0.4, -0.2) is 21.3 Å². The second-order valence-electron chi connectivity index (χ2n) is 3.36. The highest BCUT2D eigenvalue weighted by Crippen LogP contribution is 2.09. The van der Waals surface area contributed by atoms with Gasteiger partial charge in [-0.1, -0.05) is 18.2 Å². The Balaban J connectivity index is 2.43. The molecule has 0 bridgehead atoms. The lowest BCUT2D eigenvalue weighted by molar-refractivity contribution is 0.773. The van der Waals surface area contributed by atoms with Gasteiger partial charge in [0.15, 0.2) is 0 Å². The van der Waals surface area contributed by atoms with E-state index in [1.807, 2.05) is 41.9 Å². The van der Waals surface area contributed by atoms with Crippen LogP contribution >= 0.6 is 0 Å². The van der Waals surface area contributed by atoms with Crippen molar-refractivity contribution in [1.82, 2.24) is 14.8 Å². The summed E-state index contributed by atoms with van der Waals surface area (Å²) in [6.07, 6.45) is 0.746. The number of para-hydroxylation sites is 1. The Hall–Kier alpha value is -1.68. The summed E-state index contributed by atoms with van der Waals surface area (Å²) in [5, 5.41) is 4.35. The van der Waals surface area contributed by atoms with Crippen molar-refractivity contribution in [3.05, 3.63) is 42.0 Å². The summed E-state index contributed by atoms with van der Waals surface area (Å²) < 4.78 is 1.85. The summed E-state index contributed by atoms with van der Waals surface area (Å²) in [5.74, 6) is 1.70. The van der Waals surface area contributed by atoms with Crippen molar-refractivity contribution in [3.63, 3.8) is 0 Å². The number of hydrogen-bond acceptors (Lipinski definition) is 3. The molecule has 1 aromatic heterocycles. The fourth-order valence-electron chi connectivity index (χ4n) is 1.53. The van der Waals surface area contributed by atoms with Crippen molar-refractivity contribution in [2.75, 3.05) is 6.54 Å². The number of rotatable bonds is 3. The Morgan fingerprint density at radius 2 is 2.00 bits per heavy atom. The molecule has 1 heterocycles. The van der Waals surface area contributed by atoms with Crippen molar-refractivity contribution in [1.29, 1.82) is 0 Å². The minimum atomic E-state index is 0.588. The third-order valence-electron chi connectivity index (χ3n) is 2.15. The van der Waals surface area contributed by atoms with Gasteiger partial charge in [-0.15, -0.1) is 0 Å². The highest BCUT2D eigenvalue weighted by Gasteiger charge is 2.07. The van der Waals surface area contributed by atoms with E-state index in [-0.39, 0.29) is 0 Å². The van der Waals surface area contributed by atoms with E-state index < -0.39 is 0 Å². The number of benzene rings is 1. The van der Waals surface area contributed by atoms with E-state index in [4.69, 9.17) is 5.73 Å². The Morgan fingerprint density at radius 1 is 1.27 bits per heavy atom. The third-order valence-corrected chi connectivity index (χ3v) is 2.15. The molecule has 0 spiro atoms. The largest absolute Gasteiger partial charge is 0.330 e. The molecule has 0 saturated carbocycles. The topological polar surface area (TPSA) is 56.7 Å². The molecule has 2 aromatic rings. The fourth-order valence-corrected chi connectivity index (χ4v) is 1.53. The van der Waals surface area contributed by atoms with E-state index >= 15 is 0 Å². The maximum atomic E-state index is 5.54. The first-order chi connectivity index (χ1) is 7.31. The molecule has 0 aliphatic carbocycles. The zero-order valence-corrected chi connectivity index (χ0v) is 8.72. The fraction of sp³-hybridized carbons (Fsp3) is 0.273. The van der Waals surface area contributed by atoms with Crippen molar-refractivity contribution >= 4 is 0 Å². The van der Waals surface area contributed by atoms with Crippen LogP contribution in [0.4, 0.5) is 0 Å². The first-order valence-electron chi connectivity index (χ1n) is 4.99. The second-order valence-corrected chi connectivity index (χ2v) is 3.36. The third kappa shape index (κ3) is 2.05. The molecule has 15 heavy (non-hydrogen) atoms. The SMILES string of the molecule is Cc1nc(CCN)n(-c2ccccc2)n1. The lowest BCUT2D eigenvalue weighted by Crippen LogP contribution is -2.09. The zero-order valence-electron chi connectivity index (χ0n) is 8.72. The van der Waals surface area contributed by atoms with Crippen LogP contribution in [0.15, 0.2) is 30.3 Å². The number of nitrogens with two attached hydrogens (primary N) is 1. The first-order valence-corrected chi connectivity index (χ1v) is 4.99. The first kappa shape index (κ1) is 9.86. The maximum Gasteiger partial charge on any atom is 0.148 e. The number of nitrogens with zero attached hydrogens (tertiary/aromatic N) is 3. The van der Waals surface area contributed by atoms with Crippen LogP contribution < -0.4 is 5.73 Å². The molecule has 4 nitrogen and oxygen atoms in total. The average Bonchev–Trinajstić information content (AvgIpc) is 2.62. The number of aryl methyl sites for hydroxylation is 1. The van der Waals surface area contributed by atoms with Crippen molar-refractivity contribution in [2.45, 2.75) is 13.3 Å². The van der Waals surface area contributed by atoms with Gasteiger partial charge in [0.25, 0.3) is 0 Å². The summed E-state index contributed by atoms with van der Waals surface area (Å²) in [7, 11) is 0. The predicted octanol–water partition coefficient (Wildman–Crippen LogP) is 1.08. The molecule has 1 aromatic carbocycles. The molecule has 0 aliphatic heterocycles.